The highest BCUT2D eigenvalue weighted by molar-refractivity contribution is 9.10. The third kappa shape index (κ3) is 4.20. The highest BCUT2D eigenvalue weighted by Gasteiger charge is 2.05. The average molecular weight is 342 g/mol. The van der Waals surface area contributed by atoms with Crippen LogP contribution in [-0.4, -0.2) is 11.5 Å². The maximum absolute atomic E-state index is 6.08. The van der Waals surface area contributed by atoms with Gasteiger partial charge in [-0.2, -0.15) is 0 Å². The van der Waals surface area contributed by atoms with E-state index in [4.69, 9.17) is 16.3 Å². The Bertz CT molecular complexity index is 563. The van der Waals surface area contributed by atoms with E-state index in [1.807, 2.05) is 30.3 Å². The van der Waals surface area contributed by atoms with Crippen LogP contribution in [0.25, 0.3) is 0 Å². The summed E-state index contributed by atoms with van der Waals surface area (Å²) < 4.78 is 6.62. The third-order valence-electron chi connectivity index (χ3n) is 2.45. The fraction of sp³-hybridized carbons (Fsp3) is 0.214. The van der Waals surface area contributed by atoms with Crippen LogP contribution in [0.3, 0.4) is 0 Å². The Kier molecular flexibility index (Phi) is 5.19. The Morgan fingerprint density at radius 3 is 2.95 bits per heavy atom. The molecule has 3 nitrogen and oxygen atoms in total. The van der Waals surface area contributed by atoms with Gasteiger partial charge in [-0.15, -0.1) is 0 Å². The molecule has 0 radical (unpaired) electrons. The van der Waals surface area contributed by atoms with Gasteiger partial charge in [-0.1, -0.05) is 40.5 Å². The number of rotatable bonds is 5. The van der Waals surface area contributed by atoms with Gasteiger partial charge in [-0.05, 0) is 30.8 Å². The molecule has 1 N–H and O–H groups in total. The molecule has 19 heavy (non-hydrogen) atoms. The monoisotopic (exact) mass is 340 g/mol. The molecule has 0 fully saturated rings. The van der Waals surface area contributed by atoms with E-state index in [9.17, 15) is 0 Å². The quantitative estimate of drug-likeness (QED) is 0.875. The molecular formula is C14H14BrClN2O. The fourth-order valence-corrected chi connectivity index (χ4v) is 2.03. The van der Waals surface area contributed by atoms with Crippen LogP contribution in [0.4, 0.5) is 0 Å². The van der Waals surface area contributed by atoms with Gasteiger partial charge in [-0.3, -0.25) is 0 Å². The molecule has 0 unspecified atom stereocenters. The minimum absolute atomic E-state index is 0.537. The van der Waals surface area contributed by atoms with Gasteiger partial charge < -0.3 is 10.1 Å². The maximum atomic E-state index is 6.08. The molecule has 0 saturated carbocycles. The Hall–Kier alpha value is -1.10. The van der Waals surface area contributed by atoms with Crippen molar-refractivity contribution in [2.45, 2.75) is 13.5 Å². The molecule has 0 aliphatic heterocycles. The van der Waals surface area contributed by atoms with Crippen LogP contribution < -0.4 is 10.1 Å². The van der Waals surface area contributed by atoms with Crippen molar-refractivity contribution in [3.05, 3.63) is 51.6 Å². The van der Waals surface area contributed by atoms with Gasteiger partial charge >= 0.3 is 0 Å². The van der Waals surface area contributed by atoms with E-state index in [1.165, 1.54) is 0 Å². The highest BCUT2D eigenvalue weighted by Crippen LogP contribution is 2.31. The molecular weight excluding hydrogens is 328 g/mol. The van der Waals surface area contributed by atoms with E-state index >= 15 is 0 Å². The molecule has 2 rings (SSSR count). The molecule has 0 amide bonds. The Morgan fingerprint density at radius 2 is 2.16 bits per heavy atom. The fourth-order valence-electron chi connectivity index (χ4n) is 1.53. The van der Waals surface area contributed by atoms with Crippen LogP contribution in [0.1, 0.15) is 12.6 Å². The Morgan fingerprint density at radius 1 is 1.32 bits per heavy atom. The summed E-state index contributed by atoms with van der Waals surface area (Å²) in [5.74, 6) is 1.12. The van der Waals surface area contributed by atoms with Gasteiger partial charge in [0.15, 0.2) is 0 Å². The van der Waals surface area contributed by atoms with E-state index in [2.05, 4.69) is 33.2 Å². The largest absolute Gasteiger partial charge is 0.437 e. The summed E-state index contributed by atoms with van der Waals surface area (Å²) in [6, 6.07) is 11.2. The predicted octanol–water partition coefficient (Wildman–Crippen LogP) is 4.40. The molecule has 100 valence electrons. The van der Waals surface area contributed by atoms with Crippen molar-refractivity contribution < 1.29 is 4.74 Å². The number of ether oxygens (including phenoxy) is 1. The summed E-state index contributed by atoms with van der Waals surface area (Å²) in [5, 5.41) is 3.78. The van der Waals surface area contributed by atoms with Crippen molar-refractivity contribution in [1.82, 2.24) is 10.3 Å². The third-order valence-corrected chi connectivity index (χ3v) is 3.25. The zero-order valence-electron chi connectivity index (χ0n) is 10.5. The summed E-state index contributed by atoms with van der Waals surface area (Å²) in [6.45, 7) is 3.69. The number of nitrogens with one attached hydrogen (secondary N) is 1. The van der Waals surface area contributed by atoms with Gasteiger partial charge in [0.25, 0.3) is 0 Å². The number of hydrogen-bond acceptors (Lipinski definition) is 3. The summed E-state index contributed by atoms with van der Waals surface area (Å²) in [7, 11) is 0. The number of pyridine rings is 1. The lowest BCUT2D eigenvalue weighted by molar-refractivity contribution is 0.459. The van der Waals surface area contributed by atoms with E-state index in [0.29, 0.717) is 16.7 Å². The zero-order chi connectivity index (χ0) is 13.7. The maximum Gasteiger partial charge on any atom is 0.219 e. The van der Waals surface area contributed by atoms with Gasteiger partial charge in [0, 0.05) is 17.1 Å². The minimum Gasteiger partial charge on any atom is -0.437 e. The lowest BCUT2D eigenvalue weighted by atomic mass is 10.3. The zero-order valence-corrected chi connectivity index (χ0v) is 12.8. The van der Waals surface area contributed by atoms with Crippen LogP contribution in [0.5, 0.6) is 11.6 Å². The van der Waals surface area contributed by atoms with Crippen molar-refractivity contribution in [1.29, 1.82) is 0 Å². The van der Waals surface area contributed by atoms with Crippen molar-refractivity contribution in [3.63, 3.8) is 0 Å². The first-order chi connectivity index (χ1) is 9.19. The van der Waals surface area contributed by atoms with Crippen molar-refractivity contribution in [3.8, 4) is 11.6 Å². The smallest absolute Gasteiger partial charge is 0.219 e. The van der Waals surface area contributed by atoms with Crippen LogP contribution >= 0.6 is 27.5 Å². The first kappa shape index (κ1) is 14.3. The number of nitrogens with zero attached hydrogens (tertiary/aromatic N) is 1. The van der Waals surface area contributed by atoms with Gasteiger partial charge in [0.2, 0.25) is 5.88 Å². The molecule has 0 aliphatic carbocycles. The lowest BCUT2D eigenvalue weighted by Gasteiger charge is -2.08. The summed E-state index contributed by atoms with van der Waals surface area (Å²) >= 11 is 9.47. The first-order valence-electron chi connectivity index (χ1n) is 5.98. The first-order valence-corrected chi connectivity index (χ1v) is 7.15. The second kappa shape index (κ2) is 6.89. The normalized spacial score (nSPS) is 10.5. The molecule has 0 aliphatic rings. The summed E-state index contributed by atoms with van der Waals surface area (Å²) in [6.07, 6.45) is 0. The molecule has 5 heteroatoms. The molecule has 1 aromatic carbocycles. The average Bonchev–Trinajstić information content (AvgIpc) is 2.41. The van der Waals surface area contributed by atoms with Gasteiger partial charge in [0.05, 0.1) is 10.7 Å². The topological polar surface area (TPSA) is 34.1 Å². The van der Waals surface area contributed by atoms with Gasteiger partial charge in [-0.25, -0.2) is 4.98 Å². The van der Waals surface area contributed by atoms with Crippen molar-refractivity contribution in [2.75, 3.05) is 6.54 Å². The minimum atomic E-state index is 0.537. The molecule has 0 saturated heterocycles. The molecule has 2 aromatic rings. The van der Waals surface area contributed by atoms with Crippen molar-refractivity contribution >= 4 is 27.5 Å². The Labute approximate surface area is 126 Å². The van der Waals surface area contributed by atoms with E-state index < -0.39 is 0 Å². The molecule has 1 heterocycles. The van der Waals surface area contributed by atoms with Crippen LogP contribution in [-0.2, 0) is 6.54 Å². The number of hydrogen-bond donors (Lipinski definition) is 1. The predicted molar refractivity (Wildman–Crippen MR) is 80.8 cm³/mol. The van der Waals surface area contributed by atoms with E-state index in [0.717, 1.165) is 23.3 Å². The molecule has 1 aromatic heterocycles. The lowest BCUT2D eigenvalue weighted by Crippen LogP contribution is -2.12. The Balaban J connectivity index is 2.16. The van der Waals surface area contributed by atoms with Crippen LogP contribution in [0.15, 0.2) is 40.9 Å². The summed E-state index contributed by atoms with van der Waals surface area (Å²) in [5.41, 5.74) is 0.936. The van der Waals surface area contributed by atoms with Crippen LogP contribution in [0.2, 0.25) is 5.02 Å². The highest BCUT2D eigenvalue weighted by atomic mass is 79.9. The molecule has 0 spiro atoms. The van der Waals surface area contributed by atoms with Crippen LogP contribution in [0, 0.1) is 0 Å². The van der Waals surface area contributed by atoms with Crippen molar-refractivity contribution in [2.24, 2.45) is 0 Å². The van der Waals surface area contributed by atoms with E-state index in [-0.39, 0.29) is 0 Å². The standard InChI is InChI=1S/C14H14BrClN2O/c1-2-17-9-11-4-3-5-14(18-11)19-13-8-10(15)6-7-12(13)16/h3-8,17H,2,9H2,1H3. The SMILES string of the molecule is CCNCc1cccc(Oc2cc(Br)ccc2Cl)n1. The second-order valence-corrected chi connectivity index (χ2v) is 5.25. The number of halogens is 2. The number of benzene rings is 1. The molecule has 0 atom stereocenters. The van der Waals surface area contributed by atoms with E-state index in [1.54, 1.807) is 6.07 Å². The number of aromatic nitrogens is 1. The molecule has 0 bridgehead atoms. The summed E-state index contributed by atoms with van der Waals surface area (Å²) in [4.78, 5) is 4.42. The second-order valence-electron chi connectivity index (χ2n) is 3.92. The van der Waals surface area contributed by atoms with Gasteiger partial charge in [0.1, 0.15) is 5.75 Å².